The van der Waals surface area contributed by atoms with Crippen LogP contribution >= 0.6 is 15.9 Å². The van der Waals surface area contributed by atoms with E-state index in [-0.39, 0.29) is 5.91 Å². The number of halogens is 1. The summed E-state index contributed by atoms with van der Waals surface area (Å²) in [6.07, 6.45) is 0. The number of nitrogens with two attached hydrogens (primary N) is 1. The third-order valence-corrected chi connectivity index (χ3v) is 4.08. The van der Waals surface area contributed by atoms with Gasteiger partial charge in [-0.3, -0.25) is 4.79 Å². The van der Waals surface area contributed by atoms with Crippen molar-refractivity contribution in [1.29, 1.82) is 0 Å². The van der Waals surface area contributed by atoms with Crippen LogP contribution in [-0.4, -0.2) is 20.0 Å². The highest BCUT2D eigenvalue weighted by Gasteiger charge is 2.10. The van der Waals surface area contributed by atoms with E-state index < -0.39 is 0 Å². The van der Waals surface area contributed by atoms with Crippen LogP contribution < -0.4 is 16.0 Å². The molecule has 5 heteroatoms. The first kappa shape index (κ1) is 15.4. The van der Waals surface area contributed by atoms with Crippen LogP contribution in [0.2, 0.25) is 0 Å². The Morgan fingerprint density at radius 2 is 1.90 bits per heavy atom. The second-order valence-corrected chi connectivity index (χ2v) is 5.94. The average molecular weight is 348 g/mol. The molecule has 0 heterocycles. The first-order valence-corrected chi connectivity index (χ1v) is 7.32. The third kappa shape index (κ3) is 3.55. The molecule has 0 aliphatic carbocycles. The van der Waals surface area contributed by atoms with E-state index in [0.29, 0.717) is 11.3 Å². The Kier molecular flexibility index (Phi) is 4.53. The van der Waals surface area contributed by atoms with Gasteiger partial charge in [0.05, 0.1) is 11.4 Å². The van der Waals surface area contributed by atoms with Gasteiger partial charge in [0.2, 0.25) is 0 Å². The number of amides is 1. The summed E-state index contributed by atoms with van der Waals surface area (Å²) in [5, 5.41) is 2.87. The van der Waals surface area contributed by atoms with Crippen molar-refractivity contribution in [2.45, 2.75) is 6.92 Å². The van der Waals surface area contributed by atoms with Gasteiger partial charge in [0.1, 0.15) is 0 Å². The van der Waals surface area contributed by atoms with Gasteiger partial charge in [-0.2, -0.15) is 0 Å². The minimum absolute atomic E-state index is 0.172. The molecule has 21 heavy (non-hydrogen) atoms. The molecular weight excluding hydrogens is 330 g/mol. The van der Waals surface area contributed by atoms with Gasteiger partial charge in [0.15, 0.2) is 0 Å². The zero-order chi connectivity index (χ0) is 15.6. The second kappa shape index (κ2) is 6.18. The monoisotopic (exact) mass is 347 g/mol. The summed E-state index contributed by atoms with van der Waals surface area (Å²) < 4.78 is 1.01. The first-order chi connectivity index (χ1) is 9.88. The number of anilines is 3. The maximum atomic E-state index is 12.3. The Hall–Kier alpha value is -2.01. The summed E-state index contributed by atoms with van der Waals surface area (Å²) in [5.74, 6) is -0.172. The van der Waals surface area contributed by atoms with Crippen molar-refractivity contribution in [3.05, 3.63) is 52.0 Å². The van der Waals surface area contributed by atoms with E-state index in [1.807, 2.05) is 50.2 Å². The number of nitrogen functional groups attached to an aromatic ring is 1. The SMILES string of the molecule is Cc1cc(NC(=O)c2ccc(N(C)C)c(N)c2)ccc1Br. The van der Waals surface area contributed by atoms with Crippen LogP contribution in [0.1, 0.15) is 15.9 Å². The molecular formula is C16H18BrN3O. The van der Waals surface area contributed by atoms with E-state index in [9.17, 15) is 4.79 Å². The summed E-state index contributed by atoms with van der Waals surface area (Å²) in [6, 6.07) is 11.0. The van der Waals surface area contributed by atoms with Crippen LogP contribution in [0.5, 0.6) is 0 Å². The molecule has 0 fully saturated rings. The van der Waals surface area contributed by atoms with Crippen molar-refractivity contribution in [3.8, 4) is 0 Å². The van der Waals surface area contributed by atoms with Gasteiger partial charge in [0.25, 0.3) is 5.91 Å². The predicted octanol–water partition coefficient (Wildman–Crippen LogP) is 3.66. The van der Waals surface area contributed by atoms with Gasteiger partial charge in [-0.1, -0.05) is 15.9 Å². The molecule has 0 atom stereocenters. The lowest BCUT2D eigenvalue weighted by atomic mass is 10.1. The molecule has 3 N–H and O–H groups in total. The number of rotatable bonds is 3. The number of nitrogens with one attached hydrogen (secondary N) is 1. The van der Waals surface area contributed by atoms with Crippen molar-refractivity contribution in [2.24, 2.45) is 0 Å². The molecule has 0 aliphatic heterocycles. The standard InChI is InChI=1S/C16H18BrN3O/c1-10-8-12(5-6-13(10)17)19-16(21)11-4-7-15(20(2)3)14(18)9-11/h4-9H,18H2,1-3H3,(H,19,21). The summed E-state index contributed by atoms with van der Waals surface area (Å²) in [6.45, 7) is 1.98. The summed E-state index contributed by atoms with van der Waals surface area (Å²) in [4.78, 5) is 14.2. The second-order valence-electron chi connectivity index (χ2n) is 5.09. The molecule has 0 spiro atoms. The topological polar surface area (TPSA) is 58.4 Å². The van der Waals surface area contributed by atoms with Crippen molar-refractivity contribution in [3.63, 3.8) is 0 Å². The molecule has 0 radical (unpaired) electrons. The van der Waals surface area contributed by atoms with E-state index in [1.54, 1.807) is 12.1 Å². The molecule has 0 aromatic heterocycles. The molecule has 0 unspecified atom stereocenters. The van der Waals surface area contributed by atoms with Gasteiger partial charge in [0, 0.05) is 29.8 Å². The molecule has 110 valence electrons. The van der Waals surface area contributed by atoms with E-state index in [2.05, 4.69) is 21.2 Å². The number of nitrogens with zero attached hydrogens (tertiary/aromatic N) is 1. The Bertz CT molecular complexity index is 683. The molecule has 0 saturated carbocycles. The quantitative estimate of drug-likeness (QED) is 0.833. The third-order valence-electron chi connectivity index (χ3n) is 3.19. The molecule has 0 bridgehead atoms. The van der Waals surface area contributed by atoms with Gasteiger partial charge < -0.3 is 16.0 Å². The highest BCUT2D eigenvalue weighted by Crippen LogP contribution is 2.24. The van der Waals surface area contributed by atoms with Crippen molar-refractivity contribution in [2.75, 3.05) is 30.0 Å². The predicted molar refractivity (Wildman–Crippen MR) is 92.0 cm³/mol. The molecule has 0 aliphatic rings. The number of carbonyl (C=O) groups is 1. The zero-order valence-electron chi connectivity index (χ0n) is 12.3. The number of hydrogen-bond donors (Lipinski definition) is 2. The van der Waals surface area contributed by atoms with Gasteiger partial charge >= 0.3 is 0 Å². The average Bonchev–Trinajstić information content (AvgIpc) is 2.42. The smallest absolute Gasteiger partial charge is 0.255 e. The Balaban J connectivity index is 2.20. The fraction of sp³-hybridized carbons (Fsp3) is 0.188. The molecule has 2 aromatic carbocycles. The van der Waals surface area contributed by atoms with Crippen LogP contribution in [0.25, 0.3) is 0 Å². The minimum atomic E-state index is -0.172. The van der Waals surface area contributed by atoms with Crippen molar-refractivity contribution < 1.29 is 4.79 Å². The van der Waals surface area contributed by atoms with Gasteiger partial charge in [-0.25, -0.2) is 0 Å². The number of hydrogen-bond acceptors (Lipinski definition) is 3. The van der Waals surface area contributed by atoms with E-state index in [0.717, 1.165) is 21.4 Å². The van der Waals surface area contributed by atoms with Crippen LogP contribution in [0.4, 0.5) is 17.1 Å². The Morgan fingerprint density at radius 3 is 2.48 bits per heavy atom. The first-order valence-electron chi connectivity index (χ1n) is 6.53. The summed E-state index contributed by atoms with van der Waals surface area (Å²) in [5.41, 5.74) is 9.81. The van der Waals surface area contributed by atoms with E-state index in [4.69, 9.17) is 5.73 Å². The summed E-state index contributed by atoms with van der Waals surface area (Å²) in [7, 11) is 3.83. The highest BCUT2D eigenvalue weighted by atomic mass is 79.9. The van der Waals surface area contributed by atoms with Crippen LogP contribution in [0.15, 0.2) is 40.9 Å². The molecule has 2 aromatic rings. The lowest BCUT2D eigenvalue weighted by Gasteiger charge is -2.16. The molecule has 2 rings (SSSR count). The fourth-order valence-electron chi connectivity index (χ4n) is 2.03. The highest BCUT2D eigenvalue weighted by molar-refractivity contribution is 9.10. The summed E-state index contributed by atoms with van der Waals surface area (Å²) >= 11 is 3.44. The number of benzene rings is 2. The Morgan fingerprint density at radius 1 is 1.19 bits per heavy atom. The normalized spacial score (nSPS) is 10.3. The van der Waals surface area contributed by atoms with Crippen molar-refractivity contribution in [1.82, 2.24) is 0 Å². The fourth-order valence-corrected chi connectivity index (χ4v) is 2.28. The molecule has 1 amide bonds. The van der Waals surface area contributed by atoms with Crippen LogP contribution in [0, 0.1) is 6.92 Å². The minimum Gasteiger partial charge on any atom is -0.397 e. The lowest BCUT2D eigenvalue weighted by molar-refractivity contribution is 0.102. The number of aryl methyl sites for hydroxylation is 1. The van der Waals surface area contributed by atoms with Gasteiger partial charge in [-0.15, -0.1) is 0 Å². The molecule has 0 saturated heterocycles. The maximum Gasteiger partial charge on any atom is 0.255 e. The van der Waals surface area contributed by atoms with Crippen molar-refractivity contribution >= 4 is 38.9 Å². The maximum absolute atomic E-state index is 12.3. The van der Waals surface area contributed by atoms with Crippen LogP contribution in [0.3, 0.4) is 0 Å². The zero-order valence-corrected chi connectivity index (χ0v) is 13.9. The molecule has 4 nitrogen and oxygen atoms in total. The van der Waals surface area contributed by atoms with Crippen LogP contribution in [-0.2, 0) is 0 Å². The largest absolute Gasteiger partial charge is 0.397 e. The number of carbonyl (C=O) groups excluding carboxylic acids is 1. The Labute approximate surface area is 133 Å². The van der Waals surface area contributed by atoms with Gasteiger partial charge in [-0.05, 0) is 48.9 Å². The van der Waals surface area contributed by atoms with E-state index >= 15 is 0 Å². The lowest BCUT2D eigenvalue weighted by Crippen LogP contribution is -2.15. The van der Waals surface area contributed by atoms with E-state index in [1.165, 1.54) is 0 Å².